The maximum atomic E-state index is 3.61. The second-order valence-corrected chi connectivity index (χ2v) is 7.10. The summed E-state index contributed by atoms with van der Waals surface area (Å²) < 4.78 is 0. The van der Waals surface area contributed by atoms with Crippen LogP contribution in [0.4, 0.5) is 0 Å². The predicted octanol–water partition coefficient (Wildman–Crippen LogP) is 1.94. The molecule has 3 heteroatoms. The molecule has 0 saturated carbocycles. The lowest BCUT2D eigenvalue weighted by Crippen LogP contribution is -2.56. The van der Waals surface area contributed by atoms with Crippen molar-refractivity contribution in [1.29, 1.82) is 0 Å². The third-order valence-corrected chi connectivity index (χ3v) is 5.59. The lowest BCUT2D eigenvalue weighted by Gasteiger charge is -2.46. The number of piperidine rings is 1. The summed E-state index contributed by atoms with van der Waals surface area (Å²) in [6.07, 6.45) is 8.47. The molecule has 0 bridgehead atoms. The average Bonchev–Trinajstić information content (AvgIpc) is 2.87. The number of nitrogens with one attached hydrogen (secondary N) is 1. The van der Waals surface area contributed by atoms with Crippen LogP contribution < -0.4 is 5.32 Å². The van der Waals surface area contributed by atoms with Gasteiger partial charge in [-0.15, -0.1) is 0 Å². The molecule has 0 aromatic heterocycles. The van der Waals surface area contributed by atoms with Gasteiger partial charge in [-0.05, 0) is 44.2 Å². The van der Waals surface area contributed by atoms with E-state index in [1.54, 1.807) is 0 Å². The van der Waals surface area contributed by atoms with Crippen LogP contribution in [0.3, 0.4) is 0 Å². The molecule has 2 unspecified atom stereocenters. The van der Waals surface area contributed by atoms with Gasteiger partial charge in [-0.3, -0.25) is 9.80 Å². The quantitative estimate of drug-likeness (QED) is 0.838. The van der Waals surface area contributed by atoms with E-state index in [9.17, 15) is 0 Å². The van der Waals surface area contributed by atoms with Gasteiger partial charge in [-0.1, -0.05) is 19.8 Å². The van der Waals surface area contributed by atoms with Crippen molar-refractivity contribution >= 4 is 0 Å². The standard InChI is InChI=1S/C16H31N3/c1-2-6-16(7-8-17-13-16)14-18-10-11-19-9-4-3-5-15(19)12-18/h15,17H,2-14H2,1H3. The zero-order valence-electron chi connectivity index (χ0n) is 12.7. The minimum Gasteiger partial charge on any atom is -0.316 e. The second-order valence-electron chi connectivity index (χ2n) is 7.10. The fraction of sp³-hybridized carbons (Fsp3) is 1.00. The first kappa shape index (κ1) is 13.8. The minimum absolute atomic E-state index is 0.589. The molecule has 1 N–H and O–H groups in total. The van der Waals surface area contributed by atoms with E-state index in [0.717, 1.165) is 6.04 Å². The molecule has 0 spiro atoms. The van der Waals surface area contributed by atoms with E-state index in [-0.39, 0.29) is 0 Å². The van der Waals surface area contributed by atoms with Crippen molar-refractivity contribution in [3.8, 4) is 0 Å². The SMILES string of the molecule is CCCC1(CN2CCN3CCCCC3C2)CCNC1. The molecular formula is C16H31N3. The van der Waals surface area contributed by atoms with Crippen LogP contribution in [0.1, 0.15) is 45.4 Å². The van der Waals surface area contributed by atoms with Crippen molar-refractivity contribution in [2.24, 2.45) is 5.41 Å². The predicted molar refractivity (Wildman–Crippen MR) is 80.5 cm³/mol. The molecule has 110 valence electrons. The van der Waals surface area contributed by atoms with Crippen LogP contribution in [-0.2, 0) is 0 Å². The largest absolute Gasteiger partial charge is 0.316 e. The molecule has 0 aromatic carbocycles. The fourth-order valence-corrected chi connectivity index (χ4v) is 4.59. The minimum atomic E-state index is 0.589. The normalized spacial score (nSPS) is 37.4. The van der Waals surface area contributed by atoms with Gasteiger partial charge in [0.1, 0.15) is 0 Å². The van der Waals surface area contributed by atoms with Crippen LogP contribution in [0.15, 0.2) is 0 Å². The van der Waals surface area contributed by atoms with E-state index in [0.29, 0.717) is 5.41 Å². The molecule has 0 aliphatic carbocycles. The second kappa shape index (κ2) is 6.11. The molecule has 3 rings (SSSR count). The smallest absolute Gasteiger partial charge is 0.0223 e. The number of hydrogen-bond donors (Lipinski definition) is 1. The lowest BCUT2D eigenvalue weighted by molar-refractivity contribution is 0.0270. The van der Waals surface area contributed by atoms with Crippen LogP contribution in [0.5, 0.6) is 0 Å². The summed E-state index contributed by atoms with van der Waals surface area (Å²) in [5.74, 6) is 0. The zero-order valence-corrected chi connectivity index (χ0v) is 12.7. The highest BCUT2D eigenvalue weighted by Gasteiger charge is 2.37. The Balaban J connectivity index is 1.57. The van der Waals surface area contributed by atoms with Gasteiger partial charge in [0.25, 0.3) is 0 Å². The Kier molecular flexibility index (Phi) is 4.45. The van der Waals surface area contributed by atoms with Gasteiger partial charge in [0.2, 0.25) is 0 Å². The summed E-state index contributed by atoms with van der Waals surface area (Å²) in [6, 6.07) is 0.871. The Morgan fingerprint density at radius 3 is 2.95 bits per heavy atom. The molecule has 3 nitrogen and oxygen atoms in total. The van der Waals surface area contributed by atoms with Gasteiger partial charge < -0.3 is 5.32 Å². The van der Waals surface area contributed by atoms with E-state index in [1.807, 2.05) is 0 Å². The summed E-state index contributed by atoms with van der Waals surface area (Å²) >= 11 is 0. The van der Waals surface area contributed by atoms with Gasteiger partial charge in [0.05, 0.1) is 0 Å². The Labute approximate surface area is 118 Å². The van der Waals surface area contributed by atoms with Crippen molar-refractivity contribution < 1.29 is 0 Å². The van der Waals surface area contributed by atoms with Crippen LogP contribution in [0.25, 0.3) is 0 Å². The molecular weight excluding hydrogens is 234 g/mol. The average molecular weight is 265 g/mol. The summed E-state index contributed by atoms with van der Waals surface area (Å²) in [7, 11) is 0. The Hall–Kier alpha value is -0.120. The summed E-state index contributed by atoms with van der Waals surface area (Å²) in [4.78, 5) is 5.54. The molecule has 3 heterocycles. The van der Waals surface area contributed by atoms with Gasteiger partial charge in [0, 0.05) is 38.8 Å². The third-order valence-electron chi connectivity index (χ3n) is 5.59. The van der Waals surface area contributed by atoms with Gasteiger partial charge in [-0.2, -0.15) is 0 Å². The maximum absolute atomic E-state index is 3.61. The first-order chi connectivity index (χ1) is 9.31. The van der Waals surface area contributed by atoms with Crippen LogP contribution in [0.2, 0.25) is 0 Å². The van der Waals surface area contributed by atoms with E-state index in [1.165, 1.54) is 84.3 Å². The number of rotatable bonds is 4. The number of nitrogens with zero attached hydrogens (tertiary/aromatic N) is 2. The van der Waals surface area contributed by atoms with Crippen LogP contribution in [-0.4, -0.2) is 61.7 Å². The van der Waals surface area contributed by atoms with Gasteiger partial charge in [-0.25, -0.2) is 0 Å². The number of piperazine rings is 1. The molecule has 3 aliphatic rings. The summed E-state index contributed by atoms with van der Waals surface area (Å²) in [5.41, 5.74) is 0.589. The molecule has 0 radical (unpaired) electrons. The Morgan fingerprint density at radius 1 is 1.21 bits per heavy atom. The number of fused-ring (bicyclic) bond motifs is 1. The zero-order chi connectivity index (χ0) is 13.1. The molecule has 0 aromatic rings. The number of hydrogen-bond acceptors (Lipinski definition) is 3. The Bertz CT molecular complexity index is 286. The third kappa shape index (κ3) is 3.14. The maximum Gasteiger partial charge on any atom is 0.0223 e. The molecule has 3 aliphatic heterocycles. The van der Waals surface area contributed by atoms with E-state index < -0.39 is 0 Å². The van der Waals surface area contributed by atoms with Crippen molar-refractivity contribution in [2.75, 3.05) is 45.8 Å². The first-order valence-electron chi connectivity index (χ1n) is 8.48. The van der Waals surface area contributed by atoms with E-state index in [4.69, 9.17) is 0 Å². The van der Waals surface area contributed by atoms with Crippen molar-refractivity contribution in [3.63, 3.8) is 0 Å². The van der Waals surface area contributed by atoms with Crippen molar-refractivity contribution in [3.05, 3.63) is 0 Å². The lowest BCUT2D eigenvalue weighted by atomic mass is 9.81. The van der Waals surface area contributed by atoms with Gasteiger partial charge >= 0.3 is 0 Å². The summed E-state index contributed by atoms with van der Waals surface area (Å²) in [6.45, 7) is 11.5. The highest BCUT2D eigenvalue weighted by atomic mass is 15.3. The topological polar surface area (TPSA) is 18.5 Å². The molecule has 3 fully saturated rings. The van der Waals surface area contributed by atoms with E-state index >= 15 is 0 Å². The molecule has 0 amide bonds. The van der Waals surface area contributed by atoms with Crippen LogP contribution >= 0.6 is 0 Å². The molecule has 3 saturated heterocycles. The summed E-state index contributed by atoms with van der Waals surface area (Å²) in [5, 5.41) is 3.61. The van der Waals surface area contributed by atoms with Gasteiger partial charge in [0.15, 0.2) is 0 Å². The Morgan fingerprint density at radius 2 is 2.16 bits per heavy atom. The molecule has 19 heavy (non-hydrogen) atoms. The monoisotopic (exact) mass is 265 g/mol. The van der Waals surface area contributed by atoms with E-state index in [2.05, 4.69) is 22.0 Å². The fourth-order valence-electron chi connectivity index (χ4n) is 4.59. The molecule has 2 atom stereocenters. The van der Waals surface area contributed by atoms with Crippen molar-refractivity contribution in [2.45, 2.75) is 51.5 Å². The van der Waals surface area contributed by atoms with Crippen molar-refractivity contribution in [1.82, 2.24) is 15.1 Å². The highest BCUT2D eigenvalue weighted by molar-refractivity contribution is 4.93. The first-order valence-corrected chi connectivity index (χ1v) is 8.48. The highest BCUT2D eigenvalue weighted by Crippen LogP contribution is 2.33. The van der Waals surface area contributed by atoms with Crippen LogP contribution in [0, 0.1) is 5.41 Å².